The van der Waals surface area contributed by atoms with Crippen LogP contribution in [0.1, 0.15) is 4.88 Å². The van der Waals surface area contributed by atoms with Crippen LogP contribution in [-0.4, -0.2) is 19.6 Å². The van der Waals surface area contributed by atoms with Gasteiger partial charge in [0.1, 0.15) is 0 Å². The van der Waals surface area contributed by atoms with Crippen molar-refractivity contribution in [1.29, 1.82) is 0 Å². The monoisotopic (exact) mass is 310 g/mol. The Kier molecular flexibility index (Phi) is 4.51. The first kappa shape index (κ1) is 10.8. The van der Waals surface area contributed by atoms with Gasteiger partial charge in [0.05, 0.1) is 2.88 Å². The van der Waals surface area contributed by atoms with E-state index in [1.807, 2.05) is 0 Å². The van der Waals surface area contributed by atoms with E-state index in [0.29, 0.717) is 6.54 Å². The van der Waals surface area contributed by atoms with Crippen molar-refractivity contribution in [2.45, 2.75) is 6.42 Å². The van der Waals surface area contributed by atoms with Gasteiger partial charge in [0, 0.05) is 18.5 Å². The lowest BCUT2D eigenvalue weighted by molar-refractivity contribution is 0.243. The van der Waals surface area contributed by atoms with Crippen molar-refractivity contribution in [2.75, 3.05) is 13.6 Å². The van der Waals surface area contributed by atoms with Gasteiger partial charge in [0.15, 0.2) is 0 Å². The van der Waals surface area contributed by atoms with Crippen LogP contribution in [0, 0.1) is 2.88 Å². The molecule has 2 N–H and O–H groups in total. The van der Waals surface area contributed by atoms with Gasteiger partial charge in [-0.15, -0.1) is 11.3 Å². The number of thiophene rings is 1. The zero-order valence-electron chi connectivity index (χ0n) is 7.26. The minimum atomic E-state index is -0.119. The third-order valence-corrected chi connectivity index (χ3v) is 3.47. The summed E-state index contributed by atoms with van der Waals surface area (Å²) in [7, 11) is 1.61. The van der Waals surface area contributed by atoms with Crippen molar-refractivity contribution in [1.82, 2.24) is 10.6 Å². The van der Waals surface area contributed by atoms with E-state index in [9.17, 15) is 4.79 Å². The molecule has 0 aliphatic rings. The smallest absolute Gasteiger partial charge is 0.314 e. The van der Waals surface area contributed by atoms with Gasteiger partial charge in [-0.1, -0.05) is 0 Å². The van der Waals surface area contributed by atoms with Crippen LogP contribution in [-0.2, 0) is 6.42 Å². The quantitative estimate of drug-likeness (QED) is 0.822. The molecule has 2 amide bonds. The lowest BCUT2D eigenvalue weighted by Crippen LogP contribution is -2.33. The van der Waals surface area contributed by atoms with Gasteiger partial charge >= 0.3 is 6.03 Å². The van der Waals surface area contributed by atoms with Gasteiger partial charge < -0.3 is 10.6 Å². The van der Waals surface area contributed by atoms with E-state index in [1.165, 1.54) is 7.76 Å². The maximum Gasteiger partial charge on any atom is 0.314 e. The Morgan fingerprint density at radius 3 is 2.92 bits per heavy atom. The predicted molar refractivity (Wildman–Crippen MR) is 63.2 cm³/mol. The van der Waals surface area contributed by atoms with Crippen LogP contribution in [0.4, 0.5) is 4.79 Å². The largest absolute Gasteiger partial charge is 0.341 e. The highest BCUT2D eigenvalue weighted by Gasteiger charge is 1.98. The van der Waals surface area contributed by atoms with Crippen LogP contribution >= 0.6 is 33.9 Å². The second-order valence-corrected chi connectivity index (χ2v) is 5.52. The van der Waals surface area contributed by atoms with E-state index >= 15 is 0 Å². The molecule has 1 aromatic heterocycles. The fraction of sp³-hybridized carbons (Fsp3) is 0.375. The molecule has 1 rings (SSSR count). The van der Waals surface area contributed by atoms with Gasteiger partial charge in [-0.05, 0) is 41.1 Å². The SMILES string of the molecule is CNC(=O)NCCc1ccc(I)s1. The summed E-state index contributed by atoms with van der Waals surface area (Å²) in [4.78, 5) is 12.1. The minimum absolute atomic E-state index is 0.119. The number of urea groups is 1. The fourth-order valence-corrected chi connectivity index (χ4v) is 2.63. The van der Waals surface area contributed by atoms with Gasteiger partial charge in [0.2, 0.25) is 0 Å². The summed E-state index contributed by atoms with van der Waals surface area (Å²) < 4.78 is 1.28. The van der Waals surface area contributed by atoms with E-state index in [0.717, 1.165) is 6.42 Å². The van der Waals surface area contributed by atoms with E-state index in [2.05, 4.69) is 45.4 Å². The first-order valence-electron chi connectivity index (χ1n) is 3.92. The predicted octanol–water partition coefficient (Wildman–Crippen LogP) is 1.82. The van der Waals surface area contributed by atoms with Crippen LogP contribution in [0.25, 0.3) is 0 Å². The molecule has 0 saturated carbocycles. The summed E-state index contributed by atoms with van der Waals surface area (Å²) in [5.74, 6) is 0. The average molecular weight is 310 g/mol. The normalized spacial score (nSPS) is 9.69. The van der Waals surface area contributed by atoms with Crippen LogP contribution in [0.2, 0.25) is 0 Å². The molecular weight excluding hydrogens is 299 g/mol. The summed E-state index contributed by atoms with van der Waals surface area (Å²) in [5, 5.41) is 5.25. The second-order valence-electron chi connectivity index (χ2n) is 2.46. The molecule has 0 aliphatic carbocycles. The Bertz CT molecular complexity index is 287. The fourth-order valence-electron chi connectivity index (χ4n) is 0.874. The van der Waals surface area contributed by atoms with Crippen LogP contribution in [0.3, 0.4) is 0 Å². The molecule has 0 aliphatic heterocycles. The minimum Gasteiger partial charge on any atom is -0.341 e. The highest BCUT2D eigenvalue weighted by atomic mass is 127. The molecule has 0 radical (unpaired) electrons. The topological polar surface area (TPSA) is 41.1 Å². The summed E-state index contributed by atoms with van der Waals surface area (Å²) >= 11 is 4.05. The average Bonchev–Trinajstić information content (AvgIpc) is 2.51. The van der Waals surface area contributed by atoms with Crippen molar-refractivity contribution in [2.24, 2.45) is 0 Å². The molecular formula is C8H11IN2OS. The summed E-state index contributed by atoms with van der Waals surface area (Å²) in [5.41, 5.74) is 0. The van der Waals surface area contributed by atoms with Crippen LogP contribution < -0.4 is 10.6 Å². The first-order valence-corrected chi connectivity index (χ1v) is 5.81. The highest BCUT2D eigenvalue weighted by molar-refractivity contribution is 14.1. The molecule has 0 unspecified atom stereocenters. The van der Waals surface area contributed by atoms with Crippen molar-refractivity contribution in [3.05, 3.63) is 19.9 Å². The molecule has 1 heterocycles. The lowest BCUT2D eigenvalue weighted by atomic mass is 10.3. The van der Waals surface area contributed by atoms with Crippen molar-refractivity contribution in [3.8, 4) is 0 Å². The van der Waals surface area contributed by atoms with Gasteiger partial charge in [-0.3, -0.25) is 0 Å². The number of carbonyl (C=O) groups excluding carboxylic acids is 1. The molecule has 1 aromatic rings. The molecule has 0 fully saturated rings. The molecule has 3 nitrogen and oxygen atoms in total. The Hall–Kier alpha value is -0.300. The Labute approximate surface area is 95.1 Å². The zero-order chi connectivity index (χ0) is 9.68. The standard InChI is InChI=1S/C8H11IN2OS/c1-10-8(12)11-5-4-6-2-3-7(9)13-6/h2-3H,4-5H2,1H3,(H2,10,11,12). The van der Waals surface area contributed by atoms with Crippen molar-refractivity contribution in [3.63, 3.8) is 0 Å². The molecule has 0 atom stereocenters. The number of hydrogen-bond donors (Lipinski definition) is 2. The summed E-state index contributed by atoms with van der Waals surface area (Å²) in [6.07, 6.45) is 0.904. The van der Waals surface area contributed by atoms with Gasteiger partial charge in [0.25, 0.3) is 0 Å². The number of nitrogens with one attached hydrogen (secondary N) is 2. The van der Waals surface area contributed by atoms with E-state index in [-0.39, 0.29) is 6.03 Å². The third-order valence-electron chi connectivity index (χ3n) is 1.51. The number of hydrogen-bond acceptors (Lipinski definition) is 2. The maximum atomic E-state index is 10.8. The van der Waals surface area contributed by atoms with E-state index in [1.54, 1.807) is 18.4 Å². The molecule has 5 heteroatoms. The number of amides is 2. The van der Waals surface area contributed by atoms with E-state index in [4.69, 9.17) is 0 Å². The number of rotatable bonds is 3. The maximum absolute atomic E-state index is 10.8. The van der Waals surface area contributed by atoms with Gasteiger partial charge in [-0.2, -0.15) is 0 Å². The Balaban J connectivity index is 2.24. The molecule has 0 spiro atoms. The summed E-state index contributed by atoms with van der Waals surface area (Å²) in [6.45, 7) is 0.691. The third kappa shape index (κ3) is 3.95. The van der Waals surface area contributed by atoms with Crippen LogP contribution in [0.15, 0.2) is 12.1 Å². The molecule has 0 bridgehead atoms. The number of carbonyl (C=O) groups is 1. The number of halogens is 1. The highest BCUT2D eigenvalue weighted by Crippen LogP contribution is 2.18. The zero-order valence-corrected chi connectivity index (χ0v) is 10.2. The Morgan fingerprint density at radius 1 is 1.62 bits per heavy atom. The Morgan fingerprint density at radius 2 is 2.38 bits per heavy atom. The lowest BCUT2D eigenvalue weighted by Gasteiger charge is -2.01. The van der Waals surface area contributed by atoms with Gasteiger partial charge in [-0.25, -0.2) is 4.79 Å². The van der Waals surface area contributed by atoms with Crippen molar-refractivity contribution >= 4 is 40.0 Å². The summed E-state index contributed by atoms with van der Waals surface area (Å²) in [6, 6.07) is 4.06. The van der Waals surface area contributed by atoms with Crippen LogP contribution in [0.5, 0.6) is 0 Å². The molecule has 0 aromatic carbocycles. The van der Waals surface area contributed by atoms with Crippen molar-refractivity contribution < 1.29 is 4.79 Å². The second kappa shape index (κ2) is 5.43. The first-order chi connectivity index (χ1) is 6.22. The van der Waals surface area contributed by atoms with E-state index < -0.39 is 0 Å². The molecule has 13 heavy (non-hydrogen) atoms. The molecule has 72 valence electrons. The molecule has 0 saturated heterocycles.